The summed E-state index contributed by atoms with van der Waals surface area (Å²) in [5.74, 6) is 1.71. The van der Waals surface area contributed by atoms with Gasteiger partial charge in [0.25, 0.3) is 5.91 Å². The van der Waals surface area contributed by atoms with Crippen LogP contribution in [0.15, 0.2) is 24.3 Å². The highest BCUT2D eigenvalue weighted by atomic mass is 32.1. The van der Waals surface area contributed by atoms with Crippen LogP contribution in [0, 0.1) is 5.92 Å². The van der Waals surface area contributed by atoms with E-state index in [0.717, 1.165) is 33.6 Å². The Morgan fingerprint density at radius 3 is 2.70 bits per heavy atom. The van der Waals surface area contributed by atoms with Crippen molar-refractivity contribution in [1.29, 1.82) is 0 Å². The van der Waals surface area contributed by atoms with Crippen LogP contribution in [-0.4, -0.2) is 41.6 Å². The summed E-state index contributed by atoms with van der Waals surface area (Å²) in [7, 11) is 0. The number of benzene rings is 1. The van der Waals surface area contributed by atoms with Crippen molar-refractivity contribution in [2.75, 3.05) is 13.1 Å². The number of piperidine rings is 3. The first-order chi connectivity index (χ1) is 13.2. The molecular formula is C22H26N2O2S. The summed E-state index contributed by atoms with van der Waals surface area (Å²) in [6, 6.07) is 8.56. The average molecular weight is 383 g/mol. The summed E-state index contributed by atoms with van der Waals surface area (Å²) < 4.78 is 7.28. The van der Waals surface area contributed by atoms with E-state index in [0.29, 0.717) is 18.1 Å². The number of carbonyl (C=O) groups is 1. The summed E-state index contributed by atoms with van der Waals surface area (Å²) in [4.78, 5) is 16.6. The van der Waals surface area contributed by atoms with Crippen LogP contribution >= 0.6 is 11.3 Å². The Bertz CT molecular complexity index is 891. The molecule has 2 saturated carbocycles. The highest BCUT2D eigenvalue weighted by molar-refractivity contribution is 7.21. The molecular weight excluding hydrogens is 356 g/mol. The Morgan fingerprint density at radius 2 is 2.00 bits per heavy atom. The lowest BCUT2D eigenvalue weighted by molar-refractivity contribution is -0.00138. The van der Waals surface area contributed by atoms with Gasteiger partial charge >= 0.3 is 0 Å². The van der Waals surface area contributed by atoms with Crippen LogP contribution in [0.2, 0.25) is 0 Å². The SMILES string of the molecule is O=C(NC1C2CCN(CC2)C12CC2)c1cc2cccc(OC3CCC3)c2s1. The van der Waals surface area contributed by atoms with Crippen molar-refractivity contribution in [3.05, 3.63) is 29.1 Å². The fraction of sp³-hybridized carbons (Fsp3) is 0.591. The minimum atomic E-state index is 0.107. The standard InChI is InChI=1S/C22H26N2O2S/c25-21(23-20-14-7-11-24(12-8-14)22(20)9-10-22)18-13-15-3-1-6-17(19(15)27-18)26-16-4-2-5-16/h1,3,6,13-14,16,20H,2,4-5,7-12H2,(H,23,25). The Labute approximate surface area is 163 Å². The second kappa shape index (κ2) is 5.95. The van der Waals surface area contributed by atoms with Crippen LogP contribution in [0.5, 0.6) is 5.75 Å². The molecule has 2 bridgehead atoms. The smallest absolute Gasteiger partial charge is 0.261 e. The van der Waals surface area contributed by atoms with E-state index in [-0.39, 0.29) is 11.4 Å². The van der Waals surface area contributed by atoms with Gasteiger partial charge in [0.05, 0.1) is 21.7 Å². The molecule has 7 rings (SSSR count). The van der Waals surface area contributed by atoms with Gasteiger partial charge in [-0.3, -0.25) is 9.69 Å². The minimum Gasteiger partial charge on any atom is -0.489 e. The Hall–Kier alpha value is -1.59. The van der Waals surface area contributed by atoms with Crippen molar-refractivity contribution in [2.45, 2.75) is 62.6 Å². The second-order valence-electron chi connectivity index (χ2n) is 8.84. The molecule has 0 radical (unpaired) electrons. The van der Waals surface area contributed by atoms with Gasteiger partial charge in [0, 0.05) is 5.54 Å². The zero-order valence-corrected chi connectivity index (χ0v) is 16.4. The zero-order valence-electron chi connectivity index (χ0n) is 15.6. The molecule has 1 spiro atoms. The second-order valence-corrected chi connectivity index (χ2v) is 9.89. The molecule has 3 aliphatic heterocycles. The average Bonchev–Trinajstić information content (AvgIpc) is 3.30. The number of nitrogens with one attached hydrogen (secondary N) is 1. The van der Waals surface area contributed by atoms with Gasteiger partial charge in [-0.05, 0) is 81.5 Å². The number of fused-ring (bicyclic) bond motifs is 3. The number of nitrogens with zero attached hydrogens (tertiary/aromatic N) is 1. The molecule has 2 aliphatic carbocycles. The van der Waals surface area contributed by atoms with E-state index in [1.54, 1.807) is 11.3 Å². The molecule has 1 aromatic carbocycles. The lowest BCUT2D eigenvalue weighted by Crippen LogP contribution is -2.65. The summed E-state index contributed by atoms with van der Waals surface area (Å²) in [5.41, 5.74) is 0.284. The number of amides is 1. The number of hydrogen-bond donors (Lipinski definition) is 1. The maximum atomic E-state index is 13.1. The minimum absolute atomic E-state index is 0.107. The highest BCUT2D eigenvalue weighted by Gasteiger charge is 2.60. The van der Waals surface area contributed by atoms with Gasteiger partial charge in [-0.15, -0.1) is 11.3 Å². The molecule has 1 unspecified atom stereocenters. The van der Waals surface area contributed by atoms with E-state index >= 15 is 0 Å². The Balaban J connectivity index is 1.26. The quantitative estimate of drug-likeness (QED) is 0.862. The molecule has 1 atom stereocenters. The third-order valence-corrected chi connectivity index (χ3v) is 8.51. The van der Waals surface area contributed by atoms with Gasteiger partial charge in [0.15, 0.2) is 0 Å². The first-order valence-corrected chi connectivity index (χ1v) is 11.3. The third-order valence-electron chi connectivity index (χ3n) is 7.35. The van der Waals surface area contributed by atoms with Crippen LogP contribution in [0.4, 0.5) is 0 Å². The summed E-state index contributed by atoms with van der Waals surface area (Å²) in [6.45, 7) is 2.45. The summed E-state index contributed by atoms with van der Waals surface area (Å²) in [5, 5.41) is 4.57. The normalized spacial score (nSPS) is 31.0. The highest BCUT2D eigenvalue weighted by Crippen LogP contribution is 2.53. The van der Waals surface area contributed by atoms with Crippen LogP contribution in [0.3, 0.4) is 0 Å². The molecule has 2 aromatic rings. The van der Waals surface area contributed by atoms with Crippen molar-refractivity contribution >= 4 is 27.3 Å². The molecule has 1 amide bonds. The lowest BCUT2D eigenvalue weighted by Gasteiger charge is -2.52. The predicted octanol–water partition coefficient (Wildman–Crippen LogP) is 4.19. The number of ether oxygens (including phenoxy) is 1. The van der Waals surface area contributed by atoms with Gasteiger partial charge < -0.3 is 10.1 Å². The van der Waals surface area contributed by atoms with E-state index in [1.807, 2.05) is 18.2 Å². The molecule has 5 fully saturated rings. The van der Waals surface area contributed by atoms with Gasteiger partial charge in [0.1, 0.15) is 5.75 Å². The molecule has 5 heteroatoms. The molecule has 27 heavy (non-hydrogen) atoms. The van der Waals surface area contributed by atoms with Crippen molar-refractivity contribution in [3.8, 4) is 5.75 Å². The topological polar surface area (TPSA) is 41.6 Å². The van der Waals surface area contributed by atoms with Crippen molar-refractivity contribution < 1.29 is 9.53 Å². The van der Waals surface area contributed by atoms with Crippen molar-refractivity contribution in [2.24, 2.45) is 5.92 Å². The summed E-state index contributed by atoms with van der Waals surface area (Å²) in [6.07, 6.45) is 8.89. The Morgan fingerprint density at radius 1 is 1.19 bits per heavy atom. The van der Waals surface area contributed by atoms with Crippen LogP contribution in [0.25, 0.3) is 10.1 Å². The third kappa shape index (κ3) is 2.54. The van der Waals surface area contributed by atoms with E-state index < -0.39 is 0 Å². The van der Waals surface area contributed by atoms with Gasteiger partial charge in [-0.1, -0.05) is 12.1 Å². The summed E-state index contributed by atoms with van der Waals surface area (Å²) >= 11 is 1.59. The molecule has 1 aromatic heterocycles. The van der Waals surface area contributed by atoms with Crippen molar-refractivity contribution in [1.82, 2.24) is 10.2 Å². The lowest BCUT2D eigenvalue weighted by atomic mass is 9.77. The molecule has 1 N–H and O–H groups in total. The predicted molar refractivity (Wildman–Crippen MR) is 108 cm³/mol. The number of thiophene rings is 1. The largest absolute Gasteiger partial charge is 0.489 e. The van der Waals surface area contributed by atoms with Gasteiger partial charge in [-0.2, -0.15) is 0 Å². The van der Waals surface area contributed by atoms with Crippen LogP contribution < -0.4 is 10.1 Å². The zero-order chi connectivity index (χ0) is 18.0. The molecule has 4 nitrogen and oxygen atoms in total. The fourth-order valence-electron chi connectivity index (χ4n) is 5.44. The molecule has 4 heterocycles. The fourth-order valence-corrected chi connectivity index (χ4v) is 6.46. The van der Waals surface area contributed by atoms with Gasteiger partial charge in [0.2, 0.25) is 0 Å². The molecule has 3 saturated heterocycles. The van der Waals surface area contributed by atoms with Crippen LogP contribution in [0.1, 0.15) is 54.6 Å². The maximum Gasteiger partial charge on any atom is 0.261 e. The van der Waals surface area contributed by atoms with Gasteiger partial charge in [-0.25, -0.2) is 0 Å². The molecule has 142 valence electrons. The van der Waals surface area contributed by atoms with E-state index in [2.05, 4.69) is 16.3 Å². The first-order valence-electron chi connectivity index (χ1n) is 10.5. The molecule has 5 aliphatic rings. The van der Waals surface area contributed by atoms with E-state index in [1.165, 1.54) is 45.2 Å². The van der Waals surface area contributed by atoms with E-state index in [9.17, 15) is 4.79 Å². The Kier molecular flexibility index (Phi) is 3.61. The first kappa shape index (κ1) is 16.4. The number of hydrogen-bond acceptors (Lipinski definition) is 4. The van der Waals surface area contributed by atoms with Crippen LogP contribution in [-0.2, 0) is 0 Å². The monoisotopic (exact) mass is 382 g/mol. The van der Waals surface area contributed by atoms with E-state index in [4.69, 9.17) is 4.74 Å². The number of rotatable bonds is 4. The van der Waals surface area contributed by atoms with Crippen molar-refractivity contribution in [3.63, 3.8) is 0 Å². The maximum absolute atomic E-state index is 13.1. The number of carbonyl (C=O) groups excluding carboxylic acids is 1.